The van der Waals surface area contributed by atoms with Crippen LogP contribution in [0.5, 0.6) is 5.75 Å². The molecule has 1 aromatic heterocycles. The Morgan fingerprint density at radius 2 is 2.29 bits per heavy atom. The van der Waals surface area contributed by atoms with Crippen molar-refractivity contribution in [3.63, 3.8) is 0 Å². The molecule has 0 unspecified atom stereocenters. The molecule has 1 aromatic carbocycles. The minimum atomic E-state index is 0.733. The highest BCUT2D eigenvalue weighted by Gasteiger charge is 2.01. The van der Waals surface area contributed by atoms with Gasteiger partial charge in [0.2, 0.25) is 0 Å². The number of nitrogens with one attached hydrogen (secondary N) is 2. The van der Waals surface area contributed by atoms with E-state index in [1.54, 1.807) is 13.3 Å². The summed E-state index contributed by atoms with van der Waals surface area (Å²) in [6, 6.07) is 6.04. The van der Waals surface area contributed by atoms with Crippen molar-refractivity contribution in [1.82, 2.24) is 15.3 Å². The zero-order valence-corrected chi connectivity index (χ0v) is 11.1. The second-order valence-corrected chi connectivity index (χ2v) is 4.46. The molecule has 0 spiro atoms. The number of rotatable bonds is 5. The SMILES string of the molecule is COc1ccc(CNCc2ncc[nH]2)cc1Br. The third-order valence-corrected chi connectivity index (χ3v) is 3.01. The maximum absolute atomic E-state index is 5.18. The van der Waals surface area contributed by atoms with Gasteiger partial charge in [0.05, 0.1) is 18.1 Å². The Kier molecular flexibility index (Phi) is 4.17. The molecule has 0 aliphatic heterocycles. The molecule has 0 aliphatic rings. The van der Waals surface area contributed by atoms with E-state index in [4.69, 9.17) is 4.74 Å². The largest absolute Gasteiger partial charge is 0.496 e. The molecule has 90 valence electrons. The summed E-state index contributed by atoms with van der Waals surface area (Å²) in [5.74, 6) is 1.79. The van der Waals surface area contributed by atoms with Crippen molar-refractivity contribution in [3.8, 4) is 5.75 Å². The molecule has 0 amide bonds. The molecular weight excluding hydrogens is 282 g/mol. The zero-order chi connectivity index (χ0) is 12.1. The van der Waals surface area contributed by atoms with Gasteiger partial charge in [-0.1, -0.05) is 6.07 Å². The average Bonchev–Trinajstić information content (AvgIpc) is 2.82. The smallest absolute Gasteiger partial charge is 0.133 e. The fraction of sp³-hybridized carbons (Fsp3) is 0.250. The summed E-state index contributed by atoms with van der Waals surface area (Å²) in [6.45, 7) is 1.53. The molecule has 2 N–H and O–H groups in total. The van der Waals surface area contributed by atoms with E-state index in [1.165, 1.54) is 5.56 Å². The van der Waals surface area contributed by atoms with Crippen molar-refractivity contribution < 1.29 is 4.74 Å². The van der Waals surface area contributed by atoms with Crippen LogP contribution in [0.2, 0.25) is 0 Å². The van der Waals surface area contributed by atoms with E-state index in [-0.39, 0.29) is 0 Å². The third-order valence-electron chi connectivity index (χ3n) is 2.39. The van der Waals surface area contributed by atoms with Crippen LogP contribution < -0.4 is 10.1 Å². The van der Waals surface area contributed by atoms with Gasteiger partial charge in [-0.05, 0) is 33.6 Å². The summed E-state index contributed by atoms with van der Waals surface area (Å²) < 4.78 is 6.15. The zero-order valence-electron chi connectivity index (χ0n) is 9.53. The maximum atomic E-state index is 5.18. The van der Waals surface area contributed by atoms with Gasteiger partial charge in [0.25, 0.3) is 0 Å². The Labute approximate surface area is 109 Å². The predicted molar refractivity (Wildman–Crippen MR) is 69.8 cm³/mol. The summed E-state index contributed by atoms with van der Waals surface area (Å²) in [5, 5.41) is 3.31. The first-order valence-corrected chi connectivity index (χ1v) is 6.10. The number of methoxy groups -OCH3 is 1. The van der Waals surface area contributed by atoms with E-state index in [9.17, 15) is 0 Å². The average molecular weight is 296 g/mol. The van der Waals surface area contributed by atoms with Gasteiger partial charge in [-0.15, -0.1) is 0 Å². The Balaban J connectivity index is 1.89. The van der Waals surface area contributed by atoms with Gasteiger partial charge in [-0.3, -0.25) is 0 Å². The van der Waals surface area contributed by atoms with Crippen LogP contribution in [0.4, 0.5) is 0 Å². The number of aromatic nitrogens is 2. The van der Waals surface area contributed by atoms with E-state index in [1.807, 2.05) is 24.4 Å². The number of aromatic amines is 1. The van der Waals surface area contributed by atoms with Crippen molar-refractivity contribution in [2.45, 2.75) is 13.1 Å². The highest BCUT2D eigenvalue weighted by molar-refractivity contribution is 9.10. The summed E-state index contributed by atoms with van der Waals surface area (Å²) in [6.07, 6.45) is 3.57. The fourth-order valence-electron chi connectivity index (χ4n) is 1.54. The Morgan fingerprint density at radius 1 is 1.41 bits per heavy atom. The lowest BCUT2D eigenvalue weighted by Gasteiger charge is -2.07. The second-order valence-electron chi connectivity index (χ2n) is 3.61. The van der Waals surface area contributed by atoms with E-state index in [0.717, 1.165) is 29.1 Å². The molecule has 0 saturated carbocycles. The van der Waals surface area contributed by atoms with E-state index >= 15 is 0 Å². The molecule has 5 heteroatoms. The molecule has 0 fully saturated rings. The predicted octanol–water partition coefficient (Wildman–Crippen LogP) is 2.47. The number of ether oxygens (including phenoxy) is 1. The van der Waals surface area contributed by atoms with Crippen molar-refractivity contribution in [2.75, 3.05) is 7.11 Å². The van der Waals surface area contributed by atoms with Crippen molar-refractivity contribution in [1.29, 1.82) is 0 Å². The molecule has 2 rings (SSSR count). The summed E-state index contributed by atoms with van der Waals surface area (Å²) >= 11 is 3.47. The van der Waals surface area contributed by atoms with Crippen LogP contribution in [0.15, 0.2) is 35.1 Å². The molecular formula is C12H14BrN3O. The normalized spacial score (nSPS) is 10.5. The van der Waals surface area contributed by atoms with Gasteiger partial charge in [0, 0.05) is 18.9 Å². The molecule has 0 bridgehead atoms. The quantitative estimate of drug-likeness (QED) is 0.891. The number of H-pyrrole nitrogens is 1. The number of hydrogen-bond donors (Lipinski definition) is 2. The summed E-state index contributed by atoms with van der Waals surface area (Å²) in [5.41, 5.74) is 1.20. The Bertz CT molecular complexity index is 471. The summed E-state index contributed by atoms with van der Waals surface area (Å²) in [4.78, 5) is 7.20. The van der Waals surface area contributed by atoms with Gasteiger partial charge in [-0.2, -0.15) is 0 Å². The standard InChI is InChI=1S/C12H14BrN3O/c1-17-11-3-2-9(6-10(11)13)7-14-8-12-15-4-5-16-12/h2-6,14H,7-8H2,1H3,(H,15,16). The highest BCUT2D eigenvalue weighted by Crippen LogP contribution is 2.25. The van der Waals surface area contributed by atoms with Crippen LogP contribution in [0.25, 0.3) is 0 Å². The van der Waals surface area contributed by atoms with Crippen LogP contribution in [-0.2, 0) is 13.1 Å². The van der Waals surface area contributed by atoms with Crippen LogP contribution in [0, 0.1) is 0 Å². The van der Waals surface area contributed by atoms with Gasteiger partial charge >= 0.3 is 0 Å². The third kappa shape index (κ3) is 3.31. The van der Waals surface area contributed by atoms with Crippen molar-refractivity contribution in [3.05, 3.63) is 46.5 Å². The highest BCUT2D eigenvalue weighted by atomic mass is 79.9. The first-order valence-electron chi connectivity index (χ1n) is 5.31. The minimum absolute atomic E-state index is 0.733. The Hall–Kier alpha value is -1.33. The topological polar surface area (TPSA) is 49.9 Å². The van der Waals surface area contributed by atoms with Crippen LogP contribution in [-0.4, -0.2) is 17.1 Å². The first-order chi connectivity index (χ1) is 8.29. The number of hydrogen-bond acceptors (Lipinski definition) is 3. The lowest BCUT2D eigenvalue weighted by atomic mass is 10.2. The van der Waals surface area contributed by atoms with Gasteiger partial charge in [-0.25, -0.2) is 4.98 Å². The Morgan fingerprint density at radius 3 is 2.94 bits per heavy atom. The molecule has 4 nitrogen and oxygen atoms in total. The van der Waals surface area contributed by atoms with Crippen LogP contribution >= 0.6 is 15.9 Å². The fourth-order valence-corrected chi connectivity index (χ4v) is 2.13. The van der Waals surface area contributed by atoms with E-state index in [2.05, 4.69) is 31.2 Å². The number of nitrogens with zero attached hydrogens (tertiary/aromatic N) is 1. The van der Waals surface area contributed by atoms with Crippen LogP contribution in [0.3, 0.4) is 0 Å². The van der Waals surface area contributed by atoms with Crippen molar-refractivity contribution in [2.24, 2.45) is 0 Å². The summed E-state index contributed by atoms with van der Waals surface area (Å²) in [7, 11) is 1.66. The van der Waals surface area contributed by atoms with Gasteiger partial charge in [0.15, 0.2) is 0 Å². The lowest BCUT2D eigenvalue weighted by molar-refractivity contribution is 0.412. The van der Waals surface area contributed by atoms with Gasteiger partial charge < -0.3 is 15.0 Å². The molecule has 0 atom stereocenters. The maximum Gasteiger partial charge on any atom is 0.133 e. The van der Waals surface area contributed by atoms with E-state index in [0.29, 0.717) is 0 Å². The molecule has 2 aromatic rings. The monoisotopic (exact) mass is 295 g/mol. The first kappa shape index (κ1) is 12.1. The molecule has 0 saturated heterocycles. The van der Waals surface area contributed by atoms with E-state index < -0.39 is 0 Å². The molecule has 17 heavy (non-hydrogen) atoms. The number of halogens is 1. The number of imidazole rings is 1. The van der Waals surface area contributed by atoms with Crippen molar-refractivity contribution >= 4 is 15.9 Å². The lowest BCUT2D eigenvalue weighted by Crippen LogP contribution is -2.13. The van der Waals surface area contributed by atoms with Gasteiger partial charge in [0.1, 0.15) is 11.6 Å². The minimum Gasteiger partial charge on any atom is -0.496 e. The molecule has 1 heterocycles. The second kappa shape index (κ2) is 5.84. The molecule has 0 aliphatic carbocycles. The molecule has 0 radical (unpaired) electrons. The number of benzene rings is 1. The van der Waals surface area contributed by atoms with Crippen LogP contribution in [0.1, 0.15) is 11.4 Å².